The van der Waals surface area contributed by atoms with Crippen molar-refractivity contribution >= 4 is 24.8 Å². The lowest BCUT2D eigenvalue weighted by molar-refractivity contribution is -0.106. The van der Waals surface area contributed by atoms with Crippen molar-refractivity contribution in [2.45, 2.75) is 68.5 Å². The van der Waals surface area contributed by atoms with Crippen molar-refractivity contribution in [3.63, 3.8) is 0 Å². The van der Waals surface area contributed by atoms with E-state index in [9.17, 15) is 9.50 Å². The van der Waals surface area contributed by atoms with E-state index in [1.807, 2.05) is 12.1 Å². The van der Waals surface area contributed by atoms with Crippen LogP contribution >= 0.6 is 24.8 Å². The highest BCUT2D eigenvalue weighted by molar-refractivity contribution is 5.85. The average molecular weight is 496 g/mol. The third kappa shape index (κ3) is 5.91. The van der Waals surface area contributed by atoms with E-state index in [1.165, 1.54) is 30.5 Å². The van der Waals surface area contributed by atoms with E-state index in [2.05, 4.69) is 40.5 Å². The van der Waals surface area contributed by atoms with Crippen LogP contribution in [-0.2, 0) is 6.42 Å². The molecule has 2 aromatic carbocycles. The van der Waals surface area contributed by atoms with Gasteiger partial charge in [-0.25, -0.2) is 4.39 Å². The molecular weight excluding hydrogens is 458 g/mol. The smallest absolute Gasteiger partial charge is 0.123 e. The minimum absolute atomic E-state index is 0. The highest BCUT2D eigenvalue weighted by Gasteiger charge is 2.49. The molecule has 0 aromatic heterocycles. The summed E-state index contributed by atoms with van der Waals surface area (Å²) < 4.78 is 13.4. The molecule has 3 aliphatic rings. The number of piperidine rings is 2. The van der Waals surface area contributed by atoms with E-state index in [1.54, 1.807) is 0 Å². The highest BCUT2D eigenvalue weighted by atomic mass is 35.5. The van der Waals surface area contributed by atoms with Crippen LogP contribution in [0.4, 0.5) is 4.39 Å². The summed E-state index contributed by atoms with van der Waals surface area (Å²) in [5.74, 6) is 0.944. The van der Waals surface area contributed by atoms with Gasteiger partial charge in [-0.1, -0.05) is 42.5 Å². The zero-order valence-corrected chi connectivity index (χ0v) is 20.8. The van der Waals surface area contributed by atoms with Gasteiger partial charge in [0.2, 0.25) is 0 Å². The maximum Gasteiger partial charge on any atom is 0.123 e. The Bertz CT molecular complexity index is 860. The Balaban J connectivity index is 0.00000153. The molecule has 4 atom stereocenters. The molecule has 3 fully saturated rings. The van der Waals surface area contributed by atoms with Crippen LogP contribution in [0, 0.1) is 11.7 Å². The lowest BCUT2D eigenvalue weighted by Gasteiger charge is -2.54. The van der Waals surface area contributed by atoms with Gasteiger partial charge in [0.25, 0.3) is 0 Å². The fourth-order valence-corrected chi connectivity index (χ4v) is 6.49. The summed E-state index contributed by atoms with van der Waals surface area (Å²) in [6.45, 7) is 3.17. The largest absolute Gasteiger partial charge is 0.388 e. The van der Waals surface area contributed by atoms with Crippen LogP contribution in [0.1, 0.15) is 55.6 Å². The maximum atomic E-state index is 13.4. The first-order valence-electron chi connectivity index (χ1n) is 12.1. The Hall–Kier alpha value is -1.17. The number of nitrogens with zero attached hydrogens (tertiary/aromatic N) is 1. The Kier molecular flexibility index (Phi) is 9.22. The number of rotatable bonds is 4. The summed E-state index contributed by atoms with van der Waals surface area (Å²) in [7, 11) is 0. The van der Waals surface area contributed by atoms with Gasteiger partial charge in [0.15, 0.2) is 0 Å². The number of nitrogens with one attached hydrogen (secondary N) is 1. The molecule has 6 heteroatoms. The summed E-state index contributed by atoms with van der Waals surface area (Å²) >= 11 is 0. The van der Waals surface area contributed by atoms with Crippen molar-refractivity contribution in [1.29, 1.82) is 0 Å². The number of fused-ring (bicyclic) bond motifs is 1. The Labute approximate surface area is 210 Å². The first kappa shape index (κ1) is 26.4. The fourth-order valence-electron chi connectivity index (χ4n) is 6.49. The minimum Gasteiger partial charge on any atom is -0.388 e. The van der Waals surface area contributed by atoms with Crippen LogP contribution in [0.25, 0.3) is 0 Å². The van der Waals surface area contributed by atoms with E-state index in [4.69, 9.17) is 0 Å². The third-order valence-electron chi connectivity index (χ3n) is 8.11. The summed E-state index contributed by atoms with van der Waals surface area (Å²) in [5, 5.41) is 15.8. The maximum absolute atomic E-state index is 13.4. The number of hydrogen-bond acceptors (Lipinski definition) is 3. The molecule has 2 aromatic rings. The molecule has 0 radical (unpaired) electrons. The van der Waals surface area contributed by atoms with Crippen molar-refractivity contribution in [2.24, 2.45) is 5.92 Å². The number of benzene rings is 2. The zero-order valence-electron chi connectivity index (χ0n) is 19.2. The Morgan fingerprint density at radius 2 is 1.67 bits per heavy atom. The molecule has 0 spiro atoms. The highest BCUT2D eigenvalue weighted by Crippen LogP contribution is 2.42. The van der Waals surface area contributed by atoms with Crippen molar-refractivity contribution in [3.05, 3.63) is 71.5 Å². The molecule has 182 valence electrons. The van der Waals surface area contributed by atoms with Crippen LogP contribution in [0.3, 0.4) is 0 Å². The van der Waals surface area contributed by atoms with Crippen molar-refractivity contribution in [3.8, 4) is 0 Å². The predicted molar refractivity (Wildman–Crippen MR) is 137 cm³/mol. The normalized spacial score (nSPS) is 30.5. The second kappa shape index (κ2) is 11.5. The van der Waals surface area contributed by atoms with Crippen LogP contribution in [0.2, 0.25) is 0 Å². The molecule has 2 saturated heterocycles. The van der Waals surface area contributed by atoms with Crippen LogP contribution < -0.4 is 5.32 Å². The molecular formula is C27H37Cl2FN2O. The fraction of sp³-hybridized carbons (Fsp3) is 0.556. The predicted octanol–water partition coefficient (Wildman–Crippen LogP) is 5.35. The van der Waals surface area contributed by atoms with Gasteiger partial charge in [0.1, 0.15) is 5.82 Å². The standard InChI is InChI=1S/C27H35FN2O.2ClH/c28-24-10-8-20(9-11-24)18-27(31)19-23-7-4-14-29-25(23)17-26(27)30-15-12-22(13-16-30)21-5-2-1-3-6-21;;/h1-3,5-6,8-11,22-23,25-26,29,31H,4,7,12-19H2;2*1H. The molecule has 0 bridgehead atoms. The minimum atomic E-state index is -0.752. The average Bonchev–Trinajstić information content (AvgIpc) is 2.81. The van der Waals surface area contributed by atoms with E-state index < -0.39 is 5.60 Å². The molecule has 0 amide bonds. The second-order valence-corrected chi connectivity index (χ2v) is 10.0. The first-order valence-corrected chi connectivity index (χ1v) is 12.1. The van der Waals surface area contributed by atoms with E-state index >= 15 is 0 Å². The third-order valence-corrected chi connectivity index (χ3v) is 8.11. The lowest BCUT2D eigenvalue weighted by atomic mass is 9.66. The van der Waals surface area contributed by atoms with E-state index in [0.717, 1.165) is 50.9 Å². The van der Waals surface area contributed by atoms with Gasteiger partial charge in [0, 0.05) is 18.5 Å². The van der Waals surface area contributed by atoms with E-state index in [-0.39, 0.29) is 36.7 Å². The van der Waals surface area contributed by atoms with Gasteiger partial charge in [-0.05, 0) is 93.3 Å². The molecule has 5 rings (SSSR count). The molecule has 1 aliphatic carbocycles. The quantitative estimate of drug-likeness (QED) is 0.600. The number of hydrogen-bond donors (Lipinski definition) is 2. The molecule has 4 unspecified atom stereocenters. The van der Waals surface area contributed by atoms with Gasteiger partial charge in [-0.15, -0.1) is 24.8 Å². The molecule has 2 N–H and O–H groups in total. The second-order valence-electron chi connectivity index (χ2n) is 10.0. The summed E-state index contributed by atoms with van der Waals surface area (Å²) in [5.41, 5.74) is 1.73. The summed E-state index contributed by atoms with van der Waals surface area (Å²) in [4.78, 5) is 2.56. The SMILES string of the molecule is Cl.Cl.OC1(Cc2ccc(F)cc2)CC2CCCNC2CC1N1CCC(c2ccccc2)CC1. The molecule has 1 saturated carbocycles. The Morgan fingerprint density at radius 3 is 2.36 bits per heavy atom. The van der Waals surface area contributed by atoms with Crippen LogP contribution in [0.15, 0.2) is 54.6 Å². The van der Waals surface area contributed by atoms with Crippen LogP contribution in [0.5, 0.6) is 0 Å². The van der Waals surface area contributed by atoms with Gasteiger partial charge < -0.3 is 10.4 Å². The van der Waals surface area contributed by atoms with Gasteiger partial charge in [0.05, 0.1) is 5.60 Å². The van der Waals surface area contributed by atoms with Gasteiger partial charge in [-0.3, -0.25) is 4.90 Å². The van der Waals surface area contributed by atoms with Gasteiger partial charge >= 0.3 is 0 Å². The van der Waals surface area contributed by atoms with Crippen LogP contribution in [-0.4, -0.2) is 47.3 Å². The first-order chi connectivity index (χ1) is 15.1. The summed E-state index contributed by atoms with van der Waals surface area (Å²) in [6, 6.07) is 18.3. The van der Waals surface area contributed by atoms with E-state index in [0.29, 0.717) is 24.3 Å². The summed E-state index contributed by atoms with van der Waals surface area (Å²) in [6.07, 6.45) is 7.15. The molecule has 33 heavy (non-hydrogen) atoms. The van der Waals surface area contributed by atoms with Crippen molar-refractivity contribution < 1.29 is 9.50 Å². The topological polar surface area (TPSA) is 35.5 Å². The van der Waals surface area contributed by atoms with Crippen molar-refractivity contribution in [2.75, 3.05) is 19.6 Å². The molecule has 2 heterocycles. The number of aliphatic hydroxyl groups is 1. The number of halogens is 3. The monoisotopic (exact) mass is 494 g/mol. The Morgan fingerprint density at radius 1 is 0.970 bits per heavy atom. The molecule has 2 aliphatic heterocycles. The number of likely N-dealkylation sites (tertiary alicyclic amines) is 1. The van der Waals surface area contributed by atoms with Gasteiger partial charge in [-0.2, -0.15) is 0 Å². The zero-order chi connectivity index (χ0) is 21.3. The molecule has 3 nitrogen and oxygen atoms in total. The van der Waals surface area contributed by atoms with Crippen molar-refractivity contribution in [1.82, 2.24) is 10.2 Å². The lowest BCUT2D eigenvalue weighted by Crippen LogP contribution is -2.64.